The number of aromatic nitrogens is 1. The highest BCUT2D eigenvalue weighted by atomic mass is 15.0. The van der Waals surface area contributed by atoms with Gasteiger partial charge in [0.1, 0.15) is 0 Å². The molecular formula is C40H29N3. The average Bonchev–Trinajstić information content (AvgIpc) is 3.50. The minimum absolute atomic E-state index is 0.280. The zero-order valence-corrected chi connectivity index (χ0v) is 23.7. The summed E-state index contributed by atoms with van der Waals surface area (Å²) in [4.78, 5) is 0. The molecule has 0 radical (unpaired) electrons. The van der Waals surface area contributed by atoms with Gasteiger partial charge >= 0.3 is 0 Å². The molecule has 3 heteroatoms. The number of para-hydroxylation sites is 2. The van der Waals surface area contributed by atoms with Crippen molar-refractivity contribution >= 4 is 21.8 Å². The number of nitriles is 1. The Labute approximate surface area is 250 Å². The van der Waals surface area contributed by atoms with E-state index in [2.05, 4.69) is 132 Å². The topological polar surface area (TPSA) is 54.7 Å². The zero-order chi connectivity index (χ0) is 28.7. The molecule has 43 heavy (non-hydrogen) atoms. The number of nitrogens with zero attached hydrogens (tertiary/aromatic N) is 2. The number of benzene rings is 5. The number of nitrogens with two attached hydrogens (primary N) is 1. The van der Waals surface area contributed by atoms with Crippen LogP contribution in [0.15, 0.2) is 138 Å². The van der Waals surface area contributed by atoms with Gasteiger partial charge in [0.25, 0.3) is 0 Å². The summed E-state index contributed by atoms with van der Waals surface area (Å²) in [6, 6.07) is 44.8. The SMILES string of the molecule is N#CC1CC2=C(C=C1N)C1(c3cc(-n4c5ccccc5c5ccccc54)ccc3CC2)c2ccccc2-c2ccccc21. The van der Waals surface area contributed by atoms with E-state index in [-0.39, 0.29) is 5.92 Å². The molecule has 0 saturated carbocycles. The molecule has 3 aliphatic rings. The van der Waals surface area contributed by atoms with Crippen LogP contribution in [-0.2, 0) is 11.8 Å². The van der Waals surface area contributed by atoms with Gasteiger partial charge in [0, 0.05) is 22.2 Å². The van der Waals surface area contributed by atoms with Gasteiger partial charge in [-0.25, -0.2) is 0 Å². The lowest BCUT2D eigenvalue weighted by molar-refractivity contribution is 0.665. The minimum Gasteiger partial charge on any atom is -0.401 e. The van der Waals surface area contributed by atoms with Crippen LogP contribution in [0.25, 0.3) is 38.6 Å². The highest BCUT2D eigenvalue weighted by molar-refractivity contribution is 6.09. The van der Waals surface area contributed by atoms with Gasteiger partial charge in [-0.1, -0.05) is 96.6 Å². The molecular weight excluding hydrogens is 522 g/mol. The zero-order valence-electron chi connectivity index (χ0n) is 23.7. The number of allylic oxidation sites excluding steroid dienone is 4. The van der Waals surface area contributed by atoms with Crippen LogP contribution in [0.4, 0.5) is 0 Å². The van der Waals surface area contributed by atoms with E-state index in [0.717, 1.165) is 18.5 Å². The third-order valence-corrected chi connectivity index (χ3v) is 10.1. The number of hydrogen-bond donors (Lipinski definition) is 1. The molecule has 0 saturated heterocycles. The van der Waals surface area contributed by atoms with E-state index in [1.165, 1.54) is 66.3 Å². The van der Waals surface area contributed by atoms with Crippen molar-refractivity contribution in [2.45, 2.75) is 24.7 Å². The van der Waals surface area contributed by atoms with Crippen LogP contribution in [0.2, 0.25) is 0 Å². The molecule has 6 aromatic rings. The quantitative estimate of drug-likeness (QED) is 0.222. The first-order chi connectivity index (χ1) is 21.2. The van der Waals surface area contributed by atoms with Crippen molar-refractivity contribution < 1.29 is 0 Å². The summed E-state index contributed by atoms with van der Waals surface area (Å²) in [5.41, 5.74) is 20.8. The minimum atomic E-state index is -0.520. The molecule has 1 spiro atoms. The number of fused-ring (bicyclic) bond motifs is 11. The van der Waals surface area contributed by atoms with Gasteiger partial charge in [-0.3, -0.25) is 0 Å². The number of hydrogen-bond acceptors (Lipinski definition) is 2. The molecule has 1 atom stereocenters. The second kappa shape index (κ2) is 8.84. The van der Waals surface area contributed by atoms with Crippen LogP contribution in [0.1, 0.15) is 35.1 Å². The average molecular weight is 552 g/mol. The first-order valence-corrected chi connectivity index (χ1v) is 15.1. The third-order valence-electron chi connectivity index (χ3n) is 10.1. The Balaban J connectivity index is 1.42. The standard InChI is InChI=1S/C40H29N3/c41-24-27-21-26-18-17-25-19-20-28(43-38-15-7-3-11-31(38)32-12-4-8-16-39(32)43)22-35(25)40(36(26)23-37(27)42)33-13-5-1-9-29(33)30-10-2-6-14-34(30)40/h1-16,19-20,22-23,27H,17-18,21,42H2. The normalized spacial score (nSPS) is 18.0. The van der Waals surface area contributed by atoms with Crippen molar-refractivity contribution in [3.63, 3.8) is 0 Å². The summed E-state index contributed by atoms with van der Waals surface area (Å²) < 4.78 is 2.42. The fourth-order valence-electron chi connectivity index (χ4n) is 8.29. The summed E-state index contributed by atoms with van der Waals surface area (Å²) >= 11 is 0. The van der Waals surface area contributed by atoms with E-state index in [0.29, 0.717) is 12.1 Å². The molecule has 1 heterocycles. The summed E-state index contributed by atoms with van der Waals surface area (Å²) in [5, 5.41) is 12.5. The maximum absolute atomic E-state index is 9.99. The van der Waals surface area contributed by atoms with Gasteiger partial charge < -0.3 is 10.3 Å². The molecule has 3 aliphatic carbocycles. The summed E-state index contributed by atoms with van der Waals surface area (Å²) in [7, 11) is 0. The maximum Gasteiger partial charge on any atom is 0.0894 e. The lowest BCUT2D eigenvalue weighted by atomic mass is 9.64. The molecule has 1 aromatic heterocycles. The number of rotatable bonds is 1. The fourth-order valence-corrected chi connectivity index (χ4v) is 8.29. The highest BCUT2D eigenvalue weighted by Gasteiger charge is 2.50. The van der Waals surface area contributed by atoms with Crippen LogP contribution in [-0.4, -0.2) is 4.57 Å². The lowest BCUT2D eigenvalue weighted by Crippen LogP contribution is -2.33. The molecule has 204 valence electrons. The van der Waals surface area contributed by atoms with E-state index in [9.17, 15) is 5.26 Å². The summed E-state index contributed by atoms with van der Waals surface area (Å²) in [6.45, 7) is 0. The largest absolute Gasteiger partial charge is 0.401 e. The monoisotopic (exact) mass is 551 g/mol. The predicted molar refractivity (Wildman–Crippen MR) is 174 cm³/mol. The van der Waals surface area contributed by atoms with Crippen molar-refractivity contribution in [3.8, 4) is 22.9 Å². The Kier molecular flexibility index (Phi) is 4.99. The van der Waals surface area contributed by atoms with Crippen LogP contribution < -0.4 is 5.73 Å². The fraction of sp³-hybridized carbons (Fsp3) is 0.125. The Bertz CT molecular complexity index is 2150. The Morgan fingerprint density at radius 2 is 1.30 bits per heavy atom. The smallest absolute Gasteiger partial charge is 0.0894 e. The second-order valence-corrected chi connectivity index (χ2v) is 12.1. The Morgan fingerprint density at radius 3 is 1.95 bits per heavy atom. The van der Waals surface area contributed by atoms with Gasteiger partial charge in [0.15, 0.2) is 0 Å². The van der Waals surface area contributed by atoms with E-state index < -0.39 is 5.41 Å². The third kappa shape index (κ3) is 3.13. The van der Waals surface area contributed by atoms with Gasteiger partial charge in [0.2, 0.25) is 0 Å². The molecule has 2 N–H and O–H groups in total. The van der Waals surface area contributed by atoms with Gasteiger partial charge in [0.05, 0.1) is 28.4 Å². The molecule has 3 nitrogen and oxygen atoms in total. The van der Waals surface area contributed by atoms with Crippen LogP contribution in [0, 0.1) is 17.2 Å². The first-order valence-electron chi connectivity index (χ1n) is 15.1. The Hall–Kier alpha value is -5.33. The van der Waals surface area contributed by atoms with Crippen LogP contribution in [0.3, 0.4) is 0 Å². The molecule has 0 amide bonds. The van der Waals surface area contributed by atoms with E-state index >= 15 is 0 Å². The molecule has 0 bridgehead atoms. The van der Waals surface area contributed by atoms with Crippen molar-refractivity contribution in [2.24, 2.45) is 11.7 Å². The van der Waals surface area contributed by atoms with E-state index in [1.54, 1.807) is 0 Å². The Morgan fingerprint density at radius 1 is 0.698 bits per heavy atom. The molecule has 0 aliphatic heterocycles. The second-order valence-electron chi connectivity index (χ2n) is 12.1. The van der Waals surface area contributed by atoms with Crippen molar-refractivity contribution in [2.75, 3.05) is 0 Å². The molecule has 0 fully saturated rings. The first kappa shape index (κ1) is 24.3. The lowest BCUT2D eigenvalue weighted by Gasteiger charge is -2.38. The van der Waals surface area contributed by atoms with Crippen molar-refractivity contribution in [3.05, 3.63) is 160 Å². The molecule has 5 aromatic carbocycles. The van der Waals surface area contributed by atoms with Crippen molar-refractivity contribution in [1.29, 1.82) is 5.26 Å². The van der Waals surface area contributed by atoms with Crippen molar-refractivity contribution in [1.82, 2.24) is 4.57 Å². The molecule has 1 unspecified atom stereocenters. The summed E-state index contributed by atoms with van der Waals surface area (Å²) in [5.74, 6) is -0.280. The van der Waals surface area contributed by atoms with Crippen LogP contribution >= 0.6 is 0 Å². The van der Waals surface area contributed by atoms with Gasteiger partial charge in [-0.2, -0.15) is 5.26 Å². The van der Waals surface area contributed by atoms with Crippen LogP contribution in [0.5, 0.6) is 0 Å². The van der Waals surface area contributed by atoms with E-state index in [4.69, 9.17) is 5.73 Å². The highest BCUT2D eigenvalue weighted by Crippen LogP contribution is 2.60. The summed E-state index contributed by atoms with van der Waals surface area (Å²) in [6.07, 6.45) is 4.70. The maximum atomic E-state index is 9.99. The number of aryl methyl sites for hydroxylation is 1. The van der Waals surface area contributed by atoms with Gasteiger partial charge in [-0.15, -0.1) is 0 Å². The predicted octanol–water partition coefficient (Wildman–Crippen LogP) is 8.73. The molecule has 9 rings (SSSR count). The van der Waals surface area contributed by atoms with Gasteiger partial charge in [-0.05, 0) is 88.6 Å². The van der Waals surface area contributed by atoms with E-state index in [1.807, 2.05) is 0 Å².